The van der Waals surface area contributed by atoms with Crippen molar-refractivity contribution in [3.63, 3.8) is 0 Å². The summed E-state index contributed by atoms with van der Waals surface area (Å²) in [6, 6.07) is 14.5. The van der Waals surface area contributed by atoms with Crippen LogP contribution in [0, 0.1) is 12.8 Å². The molecule has 1 fully saturated rings. The number of nitrogens with zero attached hydrogens (tertiary/aromatic N) is 3. The summed E-state index contributed by atoms with van der Waals surface area (Å²) >= 11 is 0. The molecule has 0 radical (unpaired) electrons. The summed E-state index contributed by atoms with van der Waals surface area (Å²) in [6.07, 6.45) is 4.05. The van der Waals surface area contributed by atoms with Gasteiger partial charge in [-0.05, 0) is 61.6 Å². The van der Waals surface area contributed by atoms with Crippen LogP contribution in [-0.2, 0) is 4.74 Å². The van der Waals surface area contributed by atoms with Crippen LogP contribution in [0.2, 0.25) is 0 Å². The molecule has 4 nitrogen and oxygen atoms in total. The maximum absolute atomic E-state index is 6.05. The van der Waals surface area contributed by atoms with Gasteiger partial charge in [0.2, 0.25) is 0 Å². The molecular formula is C20H23N3O. The molecule has 1 atom stereocenters. The lowest BCUT2D eigenvalue weighted by Crippen LogP contribution is -2.05. The van der Waals surface area contributed by atoms with Gasteiger partial charge in [-0.15, -0.1) is 5.10 Å². The Bertz CT molecular complexity index is 851. The Labute approximate surface area is 142 Å². The normalized spacial score (nSPS) is 15.8. The van der Waals surface area contributed by atoms with Gasteiger partial charge in [0, 0.05) is 6.61 Å². The van der Waals surface area contributed by atoms with Gasteiger partial charge in [0.15, 0.2) is 0 Å². The molecule has 0 bridgehead atoms. The van der Waals surface area contributed by atoms with Gasteiger partial charge in [-0.25, -0.2) is 4.68 Å². The number of aromatic nitrogens is 3. The highest BCUT2D eigenvalue weighted by Crippen LogP contribution is 2.33. The molecule has 1 aliphatic rings. The maximum atomic E-state index is 6.05. The minimum absolute atomic E-state index is 0.0946. The topological polar surface area (TPSA) is 39.9 Å². The summed E-state index contributed by atoms with van der Waals surface area (Å²) in [5.74, 6) is 0.909. The number of hydrogen-bond acceptors (Lipinski definition) is 3. The number of para-hydroxylation sites is 1. The van der Waals surface area contributed by atoms with Crippen molar-refractivity contribution in [2.75, 3.05) is 6.61 Å². The average molecular weight is 321 g/mol. The lowest BCUT2D eigenvalue weighted by Gasteiger charge is -2.16. The zero-order chi connectivity index (χ0) is 16.5. The van der Waals surface area contributed by atoms with Crippen LogP contribution < -0.4 is 0 Å². The van der Waals surface area contributed by atoms with Gasteiger partial charge < -0.3 is 4.74 Å². The van der Waals surface area contributed by atoms with Crippen molar-refractivity contribution in [2.24, 2.45) is 5.92 Å². The molecule has 1 saturated carbocycles. The van der Waals surface area contributed by atoms with E-state index in [4.69, 9.17) is 4.74 Å². The monoisotopic (exact) mass is 321 g/mol. The zero-order valence-corrected chi connectivity index (χ0v) is 14.3. The van der Waals surface area contributed by atoms with E-state index in [2.05, 4.69) is 42.4 Å². The Morgan fingerprint density at radius 2 is 2.04 bits per heavy atom. The van der Waals surface area contributed by atoms with Crippen LogP contribution in [0.25, 0.3) is 16.7 Å². The summed E-state index contributed by atoms with van der Waals surface area (Å²) in [5.41, 5.74) is 5.38. The van der Waals surface area contributed by atoms with Crippen LogP contribution >= 0.6 is 0 Å². The van der Waals surface area contributed by atoms with Gasteiger partial charge in [0.1, 0.15) is 5.52 Å². The molecule has 1 aromatic heterocycles. The molecule has 4 rings (SSSR count). The molecule has 3 aromatic rings. The second-order valence-electron chi connectivity index (χ2n) is 6.84. The largest absolute Gasteiger partial charge is 0.374 e. The van der Waals surface area contributed by atoms with Crippen molar-refractivity contribution >= 4 is 11.0 Å². The molecule has 0 aliphatic heterocycles. The lowest BCUT2D eigenvalue weighted by molar-refractivity contribution is 0.0614. The summed E-state index contributed by atoms with van der Waals surface area (Å²) < 4.78 is 7.95. The minimum atomic E-state index is 0.0946. The van der Waals surface area contributed by atoms with Crippen molar-refractivity contribution in [3.8, 4) is 5.69 Å². The molecule has 124 valence electrons. The van der Waals surface area contributed by atoms with E-state index in [1.165, 1.54) is 30.4 Å². The van der Waals surface area contributed by atoms with Gasteiger partial charge in [-0.3, -0.25) is 0 Å². The summed E-state index contributed by atoms with van der Waals surface area (Å²) in [5, 5.41) is 8.58. The summed E-state index contributed by atoms with van der Waals surface area (Å²) in [6.45, 7) is 5.09. The first kappa shape index (κ1) is 15.3. The van der Waals surface area contributed by atoms with E-state index in [9.17, 15) is 0 Å². The number of hydrogen-bond donors (Lipinski definition) is 0. The molecular weight excluding hydrogens is 298 g/mol. The van der Waals surface area contributed by atoms with Crippen LogP contribution in [0.15, 0.2) is 42.5 Å². The quantitative estimate of drug-likeness (QED) is 0.666. The van der Waals surface area contributed by atoms with E-state index in [0.29, 0.717) is 0 Å². The molecule has 0 spiro atoms. The SMILES string of the molecule is Cc1cc(C(C)OCCC2CC2)cc(-n2nnc3ccccc32)c1. The van der Waals surface area contributed by atoms with Crippen LogP contribution in [0.1, 0.15) is 43.4 Å². The Balaban J connectivity index is 1.60. The molecule has 0 amide bonds. The third-order valence-corrected chi connectivity index (χ3v) is 4.74. The van der Waals surface area contributed by atoms with Gasteiger partial charge in [0.05, 0.1) is 17.3 Å². The van der Waals surface area contributed by atoms with E-state index < -0.39 is 0 Å². The van der Waals surface area contributed by atoms with E-state index in [-0.39, 0.29) is 6.10 Å². The van der Waals surface area contributed by atoms with E-state index in [1.807, 2.05) is 28.9 Å². The molecule has 24 heavy (non-hydrogen) atoms. The first-order valence-corrected chi connectivity index (χ1v) is 8.75. The highest BCUT2D eigenvalue weighted by atomic mass is 16.5. The number of benzene rings is 2. The zero-order valence-electron chi connectivity index (χ0n) is 14.3. The molecule has 0 N–H and O–H groups in total. The maximum Gasteiger partial charge on any atom is 0.113 e. The fourth-order valence-corrected chi connectivity index (χ4v) is 3.12. The Morgan fingerprint density at radius 1 is 1.21 bits per heavy atom. The Hall–Kier alpha value is -2.20. The fourth-order valence-electron chi connectivity index (χ4n) is 3.12. The number of ether oxygens (including phenoxy) is 1. The highest BCUT2D eigenvalue weighted by Gasteiger charge is 2.21. The van der Waals surface area contributed by atoms with E-state index >= 15 is 0 Å². The van der Waals surface area contributed by atoms with Crippen LogP contribution in [0.3, 0.4) is 0 Å². The van der Waals surface area contributed by atoms with Crippen molar-refractivity contribution in [1.29, 1.82) is 0 Å². The van der Waals surface area contributed by atoms with Crippen LogP contribution in [-0.4, -0.2) is 21.6 Å². The predicted molar refractivity (Wildman–Crippen MR) is 95.3 cm³/mol. The van der Waals surface area contributed by atoms with Crippen molar-refractivity contribution in [1.82, 2.24) is 15.0 Å². The molecule has 1 heterocycles. The molecule has 4 heteroatoms. The average Bonchev–Trinajstić information content (AvgIpc) is 3.30. The second kappa shape index (κ2) is 6.36. The first-order chi connectivity index (χ1) is 11.7. The molecule has 1 unspecified atom stereocenters. The van der Waals surface area contributed by atoms with Crippen molar-refractivity contribution in [3.05, 3.63) is 53.6 Å². The smallest absolute Gasteiger partial charge is 0.113 e. The molecule has 0 saturated heterocycles. The van der Waals surface area contributed by atoms with Gasteiger partial charge >= 0.3 is 0 Å². The molecule has 1 aliphatic carbocycles. The third-order valence-electron chi connectivity index (χ3n) is 4.74. The van der Waals surface area contributed by atoms with Crippen molar-refractivity contribution < 1.29 is 4.74 Å². The third kappa shape index (κ3) is 3.20. The minimum Gasteiger partial charge on any atom is -0.374 e. The summed E-state index contributed by atoms with van der Waals surface area (Å²) in [7, 11) is 0. The number of rotatable bonds is 6. The molecule has 2 aromatic carbocycles. The highest BCUT2D eigenvalue weighted by molar-refractivity contribution is 5.76. The van der Waals surface area contributed by atoms with Gasteiger partial charge in [0.25, 0.3) is 0 Å². The predicted octanol–water partition coefficient (Wildman–Crippen LogP) is 4.61. The number of fused-ring (bicyclic) bond motifs is 1. The van der Waals surface area contributed by atoms with Crippen LogP contribution in [0.4, 0.5) is 0 Å². The number of aryl methyl sites for hydroxylation is 1. The van der Waals surface area contributed by atoms with E-state index in [1.54, 1.807) is 0 Å². The lowest BCUT2D eigenvalue weighted by atomic mass is 10.1. The Morgan fingerprint density at radius 3 is 2.88 bits per heavy atom. The van der Waals surface area contributed by atoms with Gasteiger partial charge in [-0.2, -0.15) is 0 Å². The standard InChI is InChI=1S/C20H23N3O/c1-14-11-17(15(2)24-10-9-16-7-8-16)13-18(12-14)23-20-6-4-3-5-19(20)21-22-23/h3-6,11-13,15-16H,7-10H2,1-2H3. The Kier molecular flexibility index (Phi) is 4.07. The first-order valence-electron chi connectivity index (χ1n) is 8.75. The fraction of sp³-hybridized carbons (Fsp3) is 0.400. The van der Waals surface area contributed by atoms with Crippen molar-refractivity contribution in [2.45, 2.75) is 39.2 Å². The van der Waals surface area contributed by atoms with Gasteiger partial charge in [-0.1, -0.05) is 36.3 Å². The van der Waals surface area contributed by atoms with Crippen LogP contribution in [0.5, 0.6) is 0 Å². The van der Waals surface area contributed by atoms with E-state index in [0.717, 1.165) is 29.2 Å². The second-order valence-corrected chi connectivity index (χ2v) is 6.84. The summed E-state index contributed by atoms with van der Waals surface area (Å²) in [4.78, 5) is 0.